The highest BCUT2D eigenvalue weighted by atomic mass is 16.2. The van der Waals surface area contributed by atoms with E-state index < -0.39 is 5.66 Å². The summed E-state index contributed by atoms with van der Waals surface area (Å²) in [5.74, 6) is 0.0313. The molecular weight excluding hydrogens is 288 g/mol. The van der Waals surface area contributed by atoms with Gasteiger partial charge in [0.05, 0.1) is 0 Å². The van der Waals surface area contributed by atoms with Gasteiger partial charge >= 0.3 is 0 Å². The van der Waals surface area contributed by atoms with Crippen molar-refractivity contribution >= 4 is 11.6 Å². The molecular formula is C19H24N2O2. The van der Waals surface area contributed by atoms with Crippen molar-refractivity contribution in [2.75, 3.05) is 26.2 Å². The van der Waals surface area contributed by atoms with Gasteiger partial charge in [-0.25, -0.2) is 0 Å². The zero-order valence-corrected chi connectivity index (χ0v) is 13.6. The van der Waals surface area contributed by atoms with Crippen molar-refractivity contribution in [3.8, 4) is 0 Å². The molecule has 0 bridgehead atoms. The van der Waals surface area contributed by atoms with Crippen LogP contribution in [0.1, 0.15) is 59.2 Å². The number of carbonyl (C=O) groups excluding carboxylic acids is 2. The van der Waals surface area contributed by atoms with E-state index in [1.165, 1.54) is 12.8 Å². The lowest BCUT2D eigenvalue weighted by atomic mass is 9.93. The van der Waals surface area contributed by atoms with Gasteiger partial charge in [-0.15, -0.1) is 0 Å². The molecule has 2 fully saturated rings. The summed E-state index contributed by atoms with van der Waals surface area (Å²) < 4.78 is 0. The molecule has 0 spiro atoms. The van der Waals surface area contributed by atoms with Crippen LogP contribution in [-0.2, 0) is 0 Å². The molecule has 0 N–H and O–H groups in total. The van der Waals surface area contributed by atoms with E-state index >= 15 is 0 Å². The quantitative estimate of drug-likeness (QED) is 0.787. The lowest BCUT2D eigenvalue weighted by Crippen LogP contribution is -2.69. The summed E-state index contributed by atoms with van der Waals surface area (Å²) in [4.78, 5) is 31.2. The summed E-state index contributed by atoms with van der Waals surface area (Å²) in [6.45, 7) is 3.40. The highest BCUT2D eigenvalue weighted by molar-refractivity contribution is 6.32. The largest absolute Gasteiger partial charge is 0.290 e. The number of rotatable bonds is 2. The van der Waals surface area contributed by atoms with E-state index in [0.29, 0.717) is 11.1 Å². The first-order valence-electron chi connectivity index (χ1n) is 8.95. The van der Waals surface area contributed by atoms with Crippen LogP contribution in [-0.4, -0.2) is 53.2 Å². The second-order valence-electron chi connectivity index (χ2n) is 6.97. The molecule has 0 radical (unpaired) electrons. The number of benzene rings is 1. The Balaban J connectivity index is 1.83. The molecule has 4 nitrogen and oxygen atoms in total. The molecule has 0 aromatic heterocycles. The molecule has 122 valence electrons. The van der Waals surface area contributed by atoms with Gasteiger partial charge in [0.2, 0.25) is 17.2 Å². The Morgan fingerprint density at radius 2 is 1.04 bits per heavy atom. The molecule has 0 unspecified atom stereocenters. The van der Waals surface area contributed by atoms with E-state index in [-0.39, 0.29) is 11.6 Å². The number of likely N-dealkylation sites (tertiary alicyclic amines) is 2. The highest BCUT2D eigenvalue weighted by Gasteiger charge is 2.60. The summed E-state index contributed by atoms with van der Waals surface area (Å²) in [6, 6.07) is 7.38. The average molecular weight is 312 g/mol. The summed E-state index contributed by atoms with van der Waals surface area (Å²) in [7, 11) is 0. The first-order chi connectivity index (χ1) is 11.3. The molecule has 1 aromatic rings. The molecule has 1 aliphatic carbocycles. The topological polar surface area (TPSA) is 40.6 Å². The zero-order chi connectivity index (χ0) is 15.9. The van der Waals surface area contributed by atoms with Crippen molar-refractivity contribution in [3.63, 3.8) is 0 Å². The van der Waals surface area contributed by atoms with E-state index in [0.717, 1.165) is 51.9 Å². The summed E-state index contributed by atoms with van der Waals surface area (Å²) >= 11 is 0. The molecule has 0 atom stereocenters. The van der Waals surface area contributed by atoms with Gasteiger partial charge in [0.15, 0.2) is 0 Å². The fourth-order valence-electron chi connectivity index (χ4n) is 4.57. The van der Waals surface area contributed by atoms with Gasteiger partial charge < -0.3 is 0 Å². The monoisotopic (exact) mass is 312 g/mol. The predicted octanol–water partition coefficient (Wildman–Crippen LogP) is 2.73. The number of Topliss-reactive ketones (excluding diaryl/α,β-unsaturated/α-hetero) is 2. The Hall–Kier alpha value is -1.52. The van der Waals surface area contributed by atoms with Crippen molar-refractivity contribution in [2.45, 2.75) is 44.2 Å². The maximum absolute atomic E-state index is 13.4. The van der Waals surface area contributed by atoms with Crippen LogP contribution in [0.25, 0.3) is 0 Å². The summed E-state index contributed by atoms with van der Waals surface area (Å²) in [5.41, 5.74) is 0.187. The molecule has 0 saturated carbocycles. The first kappa shape index (κ1) is 15.0. The third kappa shape index (κ3) is 2.12. The van der Waals surface area contributed by atoms with Crippen LogP contribution >= 0.6 is 0 Å². The van der Waals surface area contributed by atoms with Crippen molar-refractivity contribution in [2.24, 2.45) is 0 Å². The van der Waals surface area contributed by atoms with E-state index in [2.05, 4.69) is 9.80 Å². The molecule has 2 heterocycles. The minimum atomic E-state index is -1.05. The standard InChI is InChI=1S/C19H24N2O2/c22-17-15-9-3-4-10-16(15)18(23)19(17,20-11-5-1-6-12-20)21-13-7-2-8-14-21/h3-4,9-10H,1-2,5-8,11-14H2. The van der Waals surface area contributed by atoms with Crippen LogP contribution in [0, 0.1) is 0 Å². The van der Waals surface area contributed by atoms with Crippen LogP contribution in [0.5, 0.6) is 0 Å². The molecule has 23 heavy (non-hydrogen) atoms. The number of ketones is 2. The van der Waals surface area contributed by atoms with Gasteiger partial charge in [-0.1, -0.05) is 37.1 Å². The second kappa shape index (κ2) is 5.84. The Morgan fingerprint density at radius 3 is 1.43 bits per heavy atom. The number of piperidine rings is 2. The predicted molar refractivity (Wildman–Crippen MR) is 88.7 cm³/mol. The number of nitrogens with zero attached hydrogens (tertiary/aromatic N) is 2. The lowest BCUT2D eigenvalue weighted by Gasteiger charge is -2.48. The zero-order valence-electron chi connectivity index (χ0n) is 13.6. The third-order valence-electron chi connectivity index (χ3n) is 5.68. The Bertz CT molecular complexity index is 573. The summed E-state index contributed by atoms with van der Waals surface area (Å²) in [6.07, 6.45) is 6.70. The summed E-state index contributed by atoms with van der Waals surface area (Å²) in [5, 5.41) is 0. The molecule has 1 aromatic carbocycles. The maximum Gasteiger partial charge on any atom is 0.206 e. The van der Waals surface area contributed by atoms with Crippen LogP contribution in [0.15, 0.2) is 24.3 Å². The maximum atomic E-state index is 13.4. The number of hydrogen-bond acceptors (Lipinski definition) is 4. The fourth-order valence-corrected chi connectivity index (χ4v) is 4.57. The van der Waals surface area contributed by atoms with E-state index in [4.69, 9.17) is 0 Å². The fraction of sp³-hybridized carbons (Fsp3) is 0.579. The molecule has 3 aliphatic rings. The molecule has 2 saturated heterocycles. The Kier molecular flexibility index (Phi) is 3.82. The SMILES string of the molecule is O=C1c2ccccc2C(=O)C1(N1CCCCC1)N1CCCCC1. The second-order valence-corrected chi connectivity index (χ2v) is 6.97. The Labute approximate surface area is 137 Å². The molecule has 2 aliphatic heterocycles. The highest BCUT2D eigenvalue weighted by Crippen LogP contribution is 2.40. The minimum absolute atomic E-state index is 0.0156. The third-order valence-corrected chi connectivity index (χ3v) is 5.68. The lowest BCUT2D eigenvalue weighted by molar-refractivity contribution is -0.0328. The molecule has 0 amide bonds. The van der Waals surface area contributed by atoms with Crippen LogP contribution in [0.3, 0.4) is 0 Å². The van der Waals surface area contributed by atoms with Gasteiger partial charge in [0.25, 0.3) is 0 Å². The van der Waals surface area contributed by atoms with Gasteiger partial charge in [-0.2, -0.15) is 0 Å². The number of carbonyl (C=O) groups is 2. The van der Waals surface area contributed by atoms with E-state index in [1.54, 1.807) is 0 Å². The number of fused-ring (bicyclic) bond motifs is 1. The van der Waals surface area contributed by atoms with Gasteiger partial charge in [0, 0.05) is 37.3 Å². The van der Waals surface area contributed by atoms with Crippen molar-refractivity contribution in [3.05, 3.63) is 35.4 Å². The van der Waals surface area contributed by atoms with Crippen LogP contribution in [0.4, 0.5) is 0 Å². The molecule has 4 rings (SSSR count). The van der Waals surface area contributed by atoms with Gasteiger partial charge in [0.1, 0.15) is 0 Å². The van der Waals surface area contributed by atoms with Crippen LogP contribution in [0.2, 0.25) is 0 Å². The number of hydrogen-bond donors (Lipinski definition) is 0. The van der Waals surface area contributed by atoms with Crippen LogP contribution < -0.4 is 0 Å². The smallest absolute Gasteiger partial charge is 0.206 e. The first-order valence-corrected chi connectivity index (χ1v) is 8.95. The average Bonchev–Trinajstić information content (AvgIpc) is 2.86. The van der Waals surface area contributed by atoms with E-state index in [1.807, 2.05) is 24.3 Å². The van der Waals surface area contributed by atoms with Gasteiger partial charge in [-0.3, -0.25) is 19.4 Å². The van der Waals surface area contributed by atoms with Crippen molar-refractivity contribution in [1.82, 2.24) is 9.80 Å². The van der Waals surface area contributed by atoms with Crippen molar-refractivity contribution < 1.29 is 9.59 Å². The van der Waals surface area contributed by atoms with Crippen molar-refractivity contribution in [1.29, 1.82) is 0 Å². The molecule has 4 heteroatoms. The Morgan fingerprint density at radius 1 is 0.652 bits per heavy atom. The van der Waals surface area contributed by atoms with E-state index in [9.17, 15) is 9.59 Å². The normalized spacial score (nSPS) is 25.6. The minimum Gasteiger partial charge on any atom is -0.290 e. The van der Waals surface area contributed by atoms with Gasteiger partial charge in [-0.05, 0) is 25.7 Å².